The summed E-state index contributed by atoms with van der Waals surface area (Å²) < 4.78 is 9.62. The van der Waals surface area contributed by atoms with Crippen LogP contribution in [-0.2, 0) is 16.0 Å². The van der Waals surface area contributed by atoms with Gasteiger partial charge in [-0.25, -0.2) is 4.79 Å². The topological polar surface area (TPSA) is 71.5 Å². The molecular weight excluding hydrogens is 338 g/mol. The van der Waals surface area contributed by atoms with Gasteiger partial charge in [-0.1, -0.05) is 18.2 Å². The molecule has 2 aromatic rings. The van der Waals surface area contributed by atoms with Crippen LogP contribution in [0.3, 0.4) is 0 Å². The first-order valence-corrected chi connectivity index (χ1v) is 8.97. The second-order valence-corrected chi connectivity index (χ2v) is 6.93. The van der Waals surface area contributed by atoms with Crippen LogP contribution in [0.2, 0.25) is 0 Å². The summed E-state index contributed by atoms with van der Waals surface area (Å²) >= 11 is 1.20. The van der Waals surface area contributed by atoms with Gasteiger partial charge < -0.3 is 15.0 Å². The fraction of sp³-hybridized carbons (Fsp3) is 0.389. The molecule has 25 heavy (non-hydrogen) atoms. The van der Waals surface area contributed by atoms with Crippen molar-refractivity contribution >= 4 is 34.1 Å². The number of rotatable bonds is 4. The predicted octanol–water partition coefficient (Wildman–Crippen LogP) is 3.02. The molecule has 0 fully saturated rings. The molecule has 0 bridgehead atoms. The lowest BCUT2D eigenvalue weighted by Crippen LogP contribution is -2.43. The van der Waals surface area contributed by atoms with Gasteiger partial charge in [-0.3, -0.25) is 4.79 Å². The highest BCUT2D eigenvalue weighted by Crippen LogP contribution is 2.33. The van der Waals surface area contributed by atoms with Crippen molar-refractivity contribution in [2.24, 2.45) is 0 Å². The molecule has 0 saturated heterocycles. The molecule has 0 unspecified atom stereocenters. The molecule has 2 heterocycles. The number of benzene rings is 1. The van der Waals surface area contributed by atoms with E-state index in [0.717, 1.165) is 17.7 Å². The Morgan fingerprint density at radius 1 is 1.40 bits per heavy atom. The van der Waals surface area contributed by atoms with E-state index in [2.05, 4.69) is 9.69 Å². The van der Waals surface area contributed by atoms with Gasteiger partial charge in [-0.05, 0) is 50.4 Å². The van der Waals surface area contributed by atoms with E-state index >= 15 is 0 Å². The van der Waals surface area contributed by atoms with E-state index in [-0.39, 0.29) is 11.9 Å². The van der Waals surface area contributed by atoms with Crippen LogP contribution in [0.15, 0.2) is 24.3 Å². The Bertz CT molecular complexity index is 818. The maximum Gasteiger partial charge on any atom is 0.343 e. The van der Waals surface area contributed by atoms with Crippen LogP contribution >= 0.6 is 11.5 Å². The second kappa shape index (κ2) is 6.84. The molecule has 3 rings (SSSR count). The minimum atomic E-state index is -0.870. The number of ether oxygens (including phenoxy) is 1. The van der Waals surface area contributed by atoms with Gasteiger partial charge in [0.15, 0.2) is 6.10 Å². The van der Waals surface area contributed by atoms with Crippen molar-refractivity contribution in [2.75, 3.05) is 17.3 Å². The molecule has 0 saturated carbocycles. The lowest BCUT2D eigenvalue weighted by atomic mass is 10.1. The third-order valence-electron chi connectivity index (χ3n) is 4.37. The van der Waals surface area contributed by atoms with Crippen LogP contribution < -0.4 is 10.2 Å². The van der Waals surface area contributed by atoms with Crippen LogP contribution in [-0.4, -0.2) is 35.4 Å². The monoisotopic (exact) mass is 359 g/mol. The summed E-state index contributed by atoms with van der Waals surface area (Å²) in [6.07, 6.45) is -0.0647. The molecule has 2 atom stereocenters. The molecule has 1 amide bonds. The molecule has 6 nitrogen and oxygen atoms in total. The molecule has 0 radical (unpaired) electrons. The lowest BCUT2D eigenvalue weighted by molar-refractivity contribution is -0.126. The normalized spacial score (nSPS) is 17.1. The number of nitrogens with one attached hydrogen (secondary N) is 1. The Morgan fingerprint density at radius 2 is 2.12 bits per heavy atom. The van der Waals surface area contributed by atoms with E-state index in [9.17, 15) is 9.59 Å². The number of aromatic nitrogens is 1. The molecule has 1 aromatic heterocycles. The number of anilines is 2. The summed E-state index contributed by atoms with van der Waals surface area (Å²) in [6, 6.07) is 7.87. The molecule has 1 N–H and O–H groups in total. The number of amides is 1. The molecule has 132 valence electrons. The zero-order valence-electron chi connectivity index (χ0n) is 14.7. The van der Waals surface area contributed by atoms with Crippen LogP contribution in [0.4, 0.5) is 10.7 Å². The van der Waals surface area contributed by atoms with Crippen molar-refractivity contribution in [3.05, 3.63) is 41.1 Å². The SMILES string of the molecule is CNc1snc(C)c1C(=O)O[C@@H](C)C(=O)N1c2ccccc2C[C@@H]1C. The highest BCUT2D eigenvalue weighted by atomic mass is 32.1. The van der Waals surface area contributed by atoms with Crippen LogP contribution in [0.1, 0.15) is 35.5 Å². The standard InChI is InChI=1S/C18H21N3O3S/c1-10-9-13-7-5-6-8-14(13)21(10)17(22)12(3)24-18(23)15-11(2)20-25-16(15)19-4/h5-8,10,12,19H,9H2,1-4H3/t10-,12-/m0/s1. The Morgan fingerprint density at radius 3 is 2.84 bits per heavy atom. The maximum absolute atomic E-state index is 12.9. The van der Waals surface area contributed by atoms with Gasteiger partial charge in [-0.15, -0.1) is 0 Å². The Labute approximate surface area is 151 Å². The van der Waals surface area contributed by atoms with Gasteiger partial charge in [0.05, 0.1) is 5.69 Å². The van der Waals surface area contributed by atoms with E-state index < -0.39 is 12.1 Å². The zero-order chi connectivity index (χ0) is 18.1. The van der Waals surface area contributed by atoms with E-state index in [0.29, 0.717) is 16.3 Å². The number of para-hydroxylation sites is 1. The number of carbonyl (C=O) groups excluding carboxylic acids is 2. The number of carbonyl (C=O) groups is 2. The minimum Gasteiger partial charge on any atom is -0.449 e. The third-order valence-corrected chi connectivity index (χ3v) is 5.33. The summed E-state index contributed by atoms with van der Waals surface area (Å²) in [5.41, 5.74) is 3.02. The van der Waals surface area contributed by atoms with Gasteiger partial charge in [-0.2, -0.15) is 4.37 Å². The van der Waals surface area contributed by atoms with Crippen molar-refractivity contribution in [1.82, 2.24) is 4.37 Å². The molecule has 0 aliphatic carbocycles. The van der Waals surface area contributed by atoms with E-state index in [1.807, 2.05) is 31.2 Å². The van der Waals surface area contributed by atoms with Crippen molar-refractivity contribution in [3.8, 4) is 0 Å². The number of nitrogens with zero attached hydrogens (tertiary/aromatic N) is 2. The summed E-state index contributed by atoms with van der Waals surface area (Å²) in [4.78, 5) is 27.1. The van der Waals surface area contributed by atoms with E-state index in [4.69, 9.17) is 4.74 Å². The Hall–Kier alpha value is -2.41. The van der Waals surface area contributed by atoms with Crippen molar-refractivity contribution < 1.29 is 14.3 Å². The average molecular weight is 359 g/mol. The van der Waals surface area contributed by atoms with Gasteiger partial charge in [0.25, 0.3) is 5.91 Å². The van der Waals surface area contributed by atoms with Gasteiger partial charge >= 0.3 is 5.97 Å². The smallest absolute Gasteiger partial charge is 0.343 e. The fourth-order valence-corrected chi connectivity index (χ4v) is 3.88. The van der Waals surface area contributed by atoms with E-state index in [1.54, 1.807) is 25.8 Å². The highest BCUT2D eigenvalue weighted by Gasteiger charge is 2.35. The zero-order valence-corrected chi connectivity index (χ0v) is 15.5. The summed E-state index contributed by atoms with van der Waals surface area (Å²) in [5.74, 6) is -0.741. The number of hydrogen-bond donors (Lipinski definition) is 1. The quantitative estimate of drug-likeness (QED) is 0.850. The van der Waals surface area contributed by atoms with Crippen LogP contribution in [0.25, 0.3) is 0 Å². The summed E-state index contributed by atoms with van der Waals surface area (Å²) in [6.45, 7) is 5.36. The highest BCUT2D eigenvalue weighted by molar-refractivity contribution is 7.10. The minimum absolute atomic E-state index is 0.0449. The van der Waals surface area contributed by atoms with Crippen LogP contribution in [0.5, 0.6) is 0 Å². The number of aryl methyl sites for hydroxylation is 1. The molecule has 1 aliphatic rings. The largest absolute Gasteiger partial charge is 0.449 e. The van der Waals surface area contributed by atoms with Gasteiger partial charge in [0.2, 0.25) is 0 Å². The van der Waals surface area contributed by atoms with Crippen molar-refractivity contribution in [1.29, 1.82) is 0 Å². The fourth-order valence-electron chi connectivity index (χ4n) is 3.15. The number of fused-ring (bicyclic) bond motifs is 1. The Kier molecular flexibility index (Phi) is 4.76. The van der Waals surface area contributed by atoms with Crippen molar-refractivity contribution in [2.45, 2.75) is 39.3 Å². The number of hydrogen-bond acceptors (Lipinski definition) is 6. The van der Waals surface area contributed by atoms with Crippen molar-refractivity contribution in [3.63, 3.8) is 0 Å². The first-order chi connectivity index (χ1) is 11.9. The first-order valence-electron chi connectivity index (χ1n) is 8.20. The summed E-state index contributed by atoms with van der Waals surface area (Å²) in [5, 5.41) is 3.58. The second-order valence-electron chi connectivity index (χ2n) is 6.16. The van der Waals surface area contributed by atoms with Gasteiger partial charge in [0.1, 0.15) is 10.6 Å². The van der Waals surface area contributed by atoms with Crippen LogP contribution in [0, 0.1) is 6.92 Å². The average Bonchev–Trinajstić information content (AvgIpc) is 3.12. The van der Waals surface area contributed by atoms with E-state index in [1.165, 1.54) is 11.5 Å². The third kappa shape index (κ3) is 3.11. The molecule has 7 heteroatoms. The molecular formula is C18H21N3O3S. The maximum atomic E-state index is 12.9. The lowest BCUT2D eigenvalue weighted by Gasteiger charge is -2.26. The summed E-state index contributed by atoms with van der Waals surface area (Å²) in [7, 11) is 1.72. The molecule has 1 aromatic carbocycles. The first kappa shape index (κ1) is 17.4. The number of esters is 1. The predicted molar refractivity (Wildman–Crippen MR) is 98.4 cm³/mol. The van der Waals surface area contributed by atoms with Gasteiger partial charge in [0, 0.05) is 18.8 Å². The molecule has 0 spiro atoms. The Balaban J connectivity index is 1.77. The molecule has 1 aliphatic heterocycles.